The van der Waals surface area contributed by atoms with Crippen LogP contribution in [0.25, 0.3) is 10.9 Å². The fraction of sp³-hybridized carbons (Fsp3) is 0.300. The van der Waals surface area contributed by atoms with E-state index in [1.165, 1.54) is 16.5 Å². The summed E-state index contributed by atoms with van der Waals surface area (Å²) < 4.78 is 13.5. The number of ether oxygens (including phenoxy) is 2. The van der Waals surface area contributed by atoms with E-state index in [-0.39, 0.29) is 11.8 Å². The van der Waals surface area contributed by atoms with Crippen molar-refractivity contribution in [2.24, 2.45) is 0 Å². The zero-order valence-electron chi connectivity index (χ0n) is 20.4. The van der Waals surface area contributed by atoms with Crippen LogP contribution in [0.1, 0.15) is 41.9 Å². The number of methoxy groups -OCH3 is 2. The van der Waals surface area contributed by atoms with Gasteiger partial charge in [0, 0.05) is 55.1 Å². The first kappa shape index (κ1) is 23.0. The van der Waals surface area contributed by atoms with E-state index in [0.717, 1.165) is 55.1 Å². The van der Waals surface area contributed by atoms with Crippen molar-refractivity contribution < 1.29 is 14.3 Å². The van der Waals surface area contributed by atoms with Gasteiger partial charge in [-0.2, -0.15) is 0 Å². The number of carbonyl (C=O) groups is 1. The third-order valence-electron chi connectivity index (χ3n) is 7.00. The van der Waals surface area contributed by atoms with E-state index >= 15 is 0 Å². The van der Waals surface area contributed by atoms with Crippen LogP contribution < -0.4 is 9.47 Å². The Kier molecular flexibility index (Phi) is 6.75. The molecule has 180 valence electrons. The van der Waals surface area contributed by atoms with Gasteiger partial charge in [-0.1, -0.05) is 48.5 Å². The Balaban J connectivity index is 1.62. The monoisotopic (exact) mass is 468 g/mol. The van der Waals surface area contributed by atoms with E-state index in [9.17, 15) is 4.79 Å². The summed E-state index contributed by atoms with van der Waals surface area (Å²) in [5.41, 5.74) is 4.59. The molecular weight excluding hydrogens is 436 g/mol. The molecule has 5 heteroatoms. The molecule has 5 nitrogen and oxygen atoms in total. The van der Waals surface area contributed by atoms with Crippen LogP contribution in [0.2, 0.25) is 0 Å². The zero-order valence-corrected chi connectivity index (χ0v) is 20.4. The summed E-state index contributed by atoms with van der Waals surface area (Å²) in [6.45, 7) is 2.47. The van der Waals surface area contributed by atoms with Crippen LogP contribution in [0.5, 0.6) is 11.5 Å². The van der Waals surface area contributed by atoms with Crippen molar-refractivity contribution in [3.8, 4) is 11.5 Å². The summed E-state index contributed by atoms with van der Waals surface area (Å²) in [5.74, 6) is 1.54. The second-order valence-corrected chi connectivity index (χ2v) is 9.21. The minimum absolute atomic E-state index is 0.117. The van der Waals surface area contributed by atoms with Gasteiger partial charge in [0.25, 0.3) is 0 Å². The van der Waals surface area contributed by atoms with Gasteiger partial charge in [-0.3, -0.25) is 4.79 Å². The molecule has 0 radical (unpaired) electrons. The van der Waals surface area contributed by atoms with E-state index in [1.807, 2.05) is 29.2 Å². The van der Waals surface area contributed by atoms with Gasteiger partial charge in [0.15, 0.2) is 0 Å². The first-order valence-electron chi connectivity index (χ1n) is 12.3. The van der Waals surface area contributed by atoms with Crippen LogP contribution in [-0.2, 0) is 11.3 Å². The van der Waals surface area contributed by atoms with E-state index in [4.69, 9.17) is 9.47 Å². The molecule has 0 aliphatic carbocycles. The van der Waals surface area contributed by atoms with E-state index in [0.29, 0.717) is 6.42 Å². The lowest BCUT2D eigenvalue weighted by Crippen LogP contribution is -2.29. The minimum Gasteiger partial charge on any atom is -0.497 e. The fourth-order valence-corrected chi connectivity index (χ4v) is 5.17. The zero-order chi connectivity index (χ0) is 24.2. The Hall–Kier alpha value is -3.73. The molecule has 1 aliphatic rings. The molecule has 0 unspecified atom stereocenters. The molecule has 2 heterocycles. The number of hydrogen-bond donors (Lipinski definition) is 0. The quantitative estimate of drug-likeness (QED) is 0.326. The fourth-order valence-electron chi connectivity index (χ4n) is 5.17. The number of para-hydroxylation sites is 1. The summed E-state index contributed by atoms with van der Waals surface area (Å²) in [4.78, 5) is 15.4. The maximum atomic E-state index is 13.4. The molecule has 5 rings (SSSR count). The summed E-state index contributed by atoms with van der Waals surface area (Å²) >= 11 is 0. The van der Waals surface area contributed by atoms with Crippen LogP contribution in [0.3, 0.4) is 0 Å². The van der Waals surface area contributed by atoms with E-state index in [1.54, 1.807) is 14.2 Å². The van der Waals surface area contributed by atoms with E-state index in [2.05, 4.69) is 59.3 Å². The minimum atomic E-state index is -0.117. The first-order valence-corrected chi connectivity index (χ1v) is 12.3. The van der Waals surface area contributed by atoms with Crippen LogP contribution in [-0.4, -0.2) is 42.7 Å². The van der Waals surface area contributed by atoms with Gasteiger partial charge >= 0.3 is 0 Å². The second-order valence-electron chi connectivity index (χ2n) is 9.21. The number of hydrogen-bond acceptors (Lipinski definition) is 3. The molecule has 1 atom stereocenters. The van der Waals surface area contributed by atoms with Gasteiger partial charge in [-0.15, -0.1) is 0 Å². The lowest BCUT2D eigenvalue weighted by atomic mass is 9.87. The van der Waals surface area contributed by atoms with Gasteiger partial charge in [0.1, 0.15) is 11.5 Å². The molecule has 0 spiro atoms. The van der Waals surface area contributed by atoms with Gasteiger partial charge in [-0.25, -0.2) is 0 Å². The number of amides is 1. The Bertz CT molecular complexity index is 1280. The van der Waals surface area contributed by atoms with Crippen LogP contribution in [0.15, 0.2) is 79.0 Å². The third kappa shape index (κ3) is 4.90. The largest absolute Gasteiger partial charge is 0.497 e. The summed E-state index contributed by atoms with van der Waals surface area (Å²) in [5, 5.41) is 1.17. The van der Waals surface area contributed by atoms with Crippen molar-refractivity contribution in [2.45, 2.75) is 31.7 Å². The average molecular weight is 469 g/mol. The molecule has 1 aliphatic heterocycles. The standard InChI is InChI=1S/C30H32N2O3/c1-34-24-16-23(17-25(18-24)35-2)27(19-30(33)31-14-8-9-15-31)28-21-32(20-22-10-4-3-5-11-22)29-13-7-6-12-26(28)29/h3-7,10-13,16-18,21,27H,8-9,14-15,19-20H2,1-2H3/t27-/m0/s1. The molecule has 3 aromatic carbocycles. The summed E-state index contributed by atoms with van der Waals surface area (Å²) in [6, 6.07) is 24.9. The average Bonchev–Trinajstić information content (AvgIpc) is 3.57. The van der Waals surface area contributed by atoms with Gasteiger partial charge in [0.2, 0.25) is 5.91 Å². The number of likely N-dealkylation sites (tertiary alicyclic amines) is 1. The van der Waals surface area contributed by atoms with Crippen molar-refractivity contribution in [2.75, 3.05) is 27.3 Å². The summed E-state index contributed by atoms with van der Waals surface area (Å²) in [7, 11) is 3.32. The predicted octanol–water partition coefficient (Wildman–Crippen LogP) is 5.85. The normalized spacial score (nSPS) is 14.3. The molecule has 1 aromatic heterocycles. The van der Waals surface area contributed by atoms with Gasteiger partial charge < -0.3 is 18.9 Å². The van der Waals surface area contributed by atoms with Crippen molar-refractivity contribution in [1.29, 1.82) is 0 Å². The van der Waals surface area contributed by atoms with Crippen molar-refractivity contribution in [1.82, 2.24) is 9.47 Å². The number of fused-ring (bicyclic) bond motifs is 1. The molecule has 1 fully saturated rings. The lowest BCUT2D eigenvalue weighted by Gasteiger charge is -2.22. The third-order valence-corrected chi connectivity index (χ3v) is 7.00. The Morgan fingerprint density at radius 3 is 2.23 bits per heavy atom. The van der Waals surface area contributed by atoms with Gasteiger partial charge in [0.05, 0.1) is 14.2 Å². The lowest BCUT2D eigenvalue weighted by molar-refractivity contribution is -0.130. The summed E-state index contributed by atoms with van der Waals surface area (Å²) in [6.07, 6.45) is 4.81. The maximum absolute atomic E-state index is 13.4. The number of rotatable bonds is 8. The van der Waals surface area contributed by atoms with Crippen molar-refractivity contribution >= 4 is 16.8 Å². The molecule has 1 saturated heterocycles. The molecule has 1 amide bonds. The molecule has 0 N–H and O–H groups in total. The Labute approximate surface area is 206 Å². The Morgan fingerprint density at radius 2 is 1.54 bits per heavy atom. The molecular formula is C30H32N2O3. The van der Waals surface area contributed by atoms with Crippen LogP contribution in [0.4, 0.5) is 0 Å². The number of aromatic nitrogens is 1. The van der Waals surface area contributed by atoms with Crippen LogP contribution >= 0.6 is 0 Å². The topological polar surface area (TPSA) is 43.7 Å². The number of nitrogens with zero attached hydrogens (tertiary/aromatic N) is 2. The van der Waals surface area contributed by atoms with Crippen molar-refractivity contribution in [3.63, 3.8) is 0 Å². The van der Waals surface area contributed by atoms with Crippen LogP contribution in [0, 0.1) is 0 Å². The SMILES string of the molecule is COc1cc(OC)cc([C@H](CC(=O)N2CCCC2)c2cn(Cc3ccccc3)c3ccccc23)c1. The highest BCUT2D eigenvalue weighted by Gasteiger charge is 2.27. The second kappa shape index (κ2) is 10.3. The highest BCUT2D eigenvalue weighted by molar-refractivity contribution is 5.87. The highest BCUT2D eigenvalue weighted by Crippen LogP contribution is 2.38. The number of carbonyl (C=O) groups excluding carboxylic acids is 1. The van der Waals surface area contributed by atoms with Crippen molar-refractivity contribution in [3.05, 3.63) is 95.7 Å². The maximum Gasteiger partial charge on any atom is 0.223 e. The number of benzene rings is 3. The molecule has 4 aromatic rings. The first-order chi connectivity index (χ1) is 17.2. The van der Waals surface area contributed by atoms with E-state index < -0.39 is 0 Å². The smallest absolute Gasteiger partial charge is 0.223 e. The molecule has 35 heavy (non-hydrogen) atoms. The van der Waals surface area contributed by atoms with Gasteiger partial charge in [-0.05, 0) is 47.7 Å². The molecule has 0 bridgehead atoms. The molecule has 0 saturated carbocycles. The Morgan fingerprint density at radius 1 is 0.886 bits per heavy atom. The predicted molar refractivity (Wildman–Crippen MR) is 139 cm³/mol. The highest BCUT2D eigenvalue weighted by atomic mass is 16.5.